The zero-order valence-corrected chi connectivity index (χ0v) is 14.5. The molecular weight excluding hydrogens is 328 g/mol. The van der Waals surface area contributed by atoms with Crippen LogP contribution >= 0.6 is 23.6 Å². The molecule has 2 rings (SSSR count). The molecule has 1 unspecified atom stereocenters. The van der Waals surface area contributed by atoms with Crippen molar-refractivity contribution in [2.24, 2.45) is 0 Å². The maximum Gasteiger partial charge on any atom is 0.205 e. The lowest BCUT2D eigenvalue weighted by Crippen LogP contribution is -3.15. The molecule has 118 valence electrons. The van der Waals surface area contributed by atoms with Crippen molar-refractivity contribution < 1.29 is 13.3 Å². The van der Waals surface area contributed by atoms with Crippen LogP contribution in [0.2, 0.25) is 0 Å². The second-order valence-corrected chi connectivity index (χ2v) is 8.96. The number of sulfone groups is 1. The molecule has 1 aliphatic heterocycles. The minimum atomic E-state index is -2.86. The fourth-order valence-corrected chi connectivity index (χ4v) is 5.31. The first-order valence-electron chi connectivity index (χ1n) is 6.93. The molecule has 0 aliphatic carbocycles. The van der Waals surface area contributed by atoms with Gasteiger partial charge in [-0.3, -0.25) is 0 Å². The lowest BCUT2D eigenvalue weighted by molar-refractivity contribution is -0.943. The van der Waals surface area contributed by atoms with Crippen LogP contribution in [-0.4, -0.2) is 48.8 Å². The van der Waals surface area contributed by atoms with Gasteiger partial charge in [-0.1, -0.05) is 17.4 Å². The van der Waals surface area contributed by atoms with E-state index < -0.39 is 9.84 Å². The summed E-state index contributed by atoms with van der Waals surface area (Å²) in [5.41, 5.74) is 0. The summed E-state index contributed by atoms with van der Waals surface area (Å²) >= 11 is 6.76. The van der Waals surface area contributed by atoms with E-state index in [-0.39, 0.29) is 11.8 Å². The van der Waals surface area contributed by atoms with E-state index in [4.69, 9.17) is 12.2 Å². The molecule has 9 heteroatoms. The minimum absolute atomic E-state index is 0.146. The molecule has 1 fully saturated rings. The molecule has 2 heterocycles. The van der Waals surface area contributed by atoms with Crippen molar-refractivity contribution >= 4 is 38.5 Å². The molecule has 1 saturated heterocycles. The highest BCUT2D eigenvalue weighted by molar-refractivity contribution is 7.91. The average Bonchev–Trinajstić information content (AvgIpc) is 2.96. The predicted octanol–water partition coefficient (Wildman–Crippen LogP) is 0.321. The molecule has 0 radical (unpaired) electrons. The number of aromatic nitrogens is 2. The van der Waals surface area contributed by atoms with Crippen LogP contribution in [0.25, 0.3) is 0 Å². The van der Waals surface area contributed by atoms with Crippen LogP contribution in [0.4, 0.5) is 5.13 Å². The second kappa shape index (κ2) is 6.99. The summed E-state index contributed by atoms with van der Waals surface area (Å²) in [6, 6.07) is 0.146. The molecule has 1 aromatic rings. The highest BCUT2D eigenvalue weighted by Crippen LogP contribution is 2.13. The van der Waals surface area contributed by atoms with Crippen LogP contribution in [0, 0.1) is 3.95 Å². The normalized spacial score (nSPS) is 22.0. The van der Waals surface area contributed by atoms with Gasteiger partial charge in [0.2, 0.25) is 5.13 Å². The number of rotatable bonds is 7. The first-order chi connectivity index (χ1) is 9.95. The Hall–Kier alpha value is -0.770. The van der Waals surface area contributed by atoms with Gasteiger partial charge in [-0.15, -0.1) is 11.7 Å². The Kier molecular flexibility index (Phi) is 5.53. The van der Waals surface area contributed by atoms with E-state index in [1.165, 1.54) is 16.2 Å². The van der Waals surface area contributed by atoms with Gasteiger partial charge in [-0.05, 0) is 19.1 Å². The topological polar surface area (TPSA) is 68.4 Å². The third kappa shape index (κ3) is 4.35. The number of quaternary nitrogens is 1. The molecule has 2 N–H and O–H groups in total. The van der Waals surface area contributed by atoms with Gasteiger partial charge in [0.1, 0.15) is 11.8 Å². The molecule has 1 aliphatic rings. The van der Waals surface area contributed by atoms with Gasteiger partial charge >= 0.3 is 0 Å². The van der Waals surface area contributed by atoms with Gasteiger partial charge in [0.15, 0.2) is 20.5 Å². The first-order valence-corrected chi connectivity index (χ1v) is 9.97. The predicted molar refractivity (Wildman–Crippen MR) is 88.2 cm³/mol. The number of nitrogens with zero attached hydrogens (tertiary/aromatic N) is 2. The van der Waals surface area contributed by atoms with E-state index in [9.17, 15) is 8.42 Å². The SMILES string of the molecule is C=CCNc1nn(C[NH+](CC)[C@@H]2CCS(=O)(=O)C2)c(=S)s1. The summed E-state index contributed by atoms with van der Waals surface area (Å²) in [6.45, 7) is 7.83. The molecule has 0 aromatic carbocycles. The van der Waals surface area contributed by atoms with Crippen LogP contribution in [0.3, 0.4) is 0 Å². The van der Waals surface area contributed by atoms with Crippen LogP contribution in [0.1, 0.15) is 13.3 Å². The Balaban J connectivity index is 2.07. The van der Waals surface area contributed by atoms with E-state index in [0.29, 0.717) is 22.9 Å². The van der Waals surface area contributed by atoms with Crippen molar-refractivity contribution in [3.05, 3.63) is 16.6 Å². The second-order valence-electron chi connectivity index (χ2n) is 5.11. The Morgan fingerprint density at radius 2 is 2.43 bits per heavy atom. The Morgan fingerprint density at radius 3 is 3.00 bits per heavy atom. The van der Waals surface area contributed by atoms with Crippen molar-refractivity contribution in [1.29, 1.82) is 0 Å². The van der Waals surface area contributed by atoms with Crippen molar-refractivity contribution in [3.63, 3.8) is 0 Å². The first kappa shape index (κ1) is 16.6. The monoisotopic (exact) mass is 349 g/mol. The zero-order valence-electron chi connectivity index (χ0n) is 12.0. The van der Waals surface area contributed by atoms with Crippen molar-refractivity contribution in [2.75, 3.05) is 29.9 Å². The number of hydrogen-bond acceptors (Lipinski definition) is 6. The molecule has 2 atom stereocenters. The van der Waals surface area contributed by atoms with E-state index in [1.807, 2.05) is 0 Å². The zero-order chi connectivity index (χ0) is 15.5. The van der Waals surface area contributed by atoms with Gasteiger partial charge in [0, 0.05) is 13.0 Å². The summed E-state index contributed by atoms with van der Waals surface area (Å²) < 4.78 is 25.7. The Morgan fingerprint density at radius 1 is 1.67 bits per heavy atom. The molecule has 21 heavy (non-hydrogen) atoms. The lowest BCUT2D eigenvalue weighted by Gasteiger charge is -2.22. The number of anilines is 1. The van der Waals surface area contributed by atoms with Gasteiger partial charge < -0.3 is 10.2 Å². The van der Waals surface area contributed by atoms with Crippen LogP contribution in [-0.2, 0) is 16.5 Å². The van der Waals surface area contributed by atoms with Gasteiger partial charge in [-0.2, -0.15) is 4.68 Å². The summed E-state index contributed by atoms with van der Waals surface area (Å²) in [7, 11) is -2.86. The smallest absolute Gasteiger partial charge is 0.205 e. The maximum absolute atomic E-state index is 11.6. The largest absolute Gasteiger partial charge is 0.357 e. The summed E-state index contributed by atoms with van der Waals surface area (Å²) in [6.07, 6.45) is 2.49. The summed E-state index contributed by atoms with van der Waals surface area (Å²) in [5, 5.41) is 8.34. The fourth-order valence-electron chi connectivity index (χ4n) is 2.48. The van der Waals surface area contributed by atoms with Gasteiger partial charge in [0.05, 0.1) is 12.3 Å². The third-order valence-corrected chi connectivity index (χ3v) is 6.65. The van der Waals surface area contributed by atoms with E-state index >= 15 is 0 Å². The van der Waals surface area contributed by atoms with E-state index in [2.05, 4.69) is 23.9 Å². The van der Waals surface area contributed by atoms with E-state index in [0.717, 1.165) is 18.1 Å². The van der Waals surface area contributed by atoms with Crippen LogP contribution in [0.15, 0.2) is 12.7 Å². The molecule has 0 saturated carbocycles. The summed E-state index contributed by atoms with van der Waals surface area (Å²) in [5.74, 6) is 0.574. The quantitative estimate of drug-likeness (QED) is 0.548. The maximum atomic E-state index is 11.6. The number of nitrogens with one attached hydrogen (secondary N) is 2. The standard InChI is InChI=1S/C12H20N4O2S3/c1-3-6-13-11-14-16(12(19)20-11)9-15(4-2)10-5-7-21(17,18)8-10/h3,10H,1,4-9H2,2H3,(H,13,14)/p+1/t10-/m1/s1. The molecule has 1 aromatic heterocycles. The van der Waals surface area contributed by atoms with Gasteiger partial charge in [0.25, 0.3) is 0 Å². The van der Waals surface area contributed by atoms with Crippen LogP contribution in [0.5, 0.6) is 0 Å². The highest BCUT2D eigenvalue weighted by Gasteiger charge is 2.35. The number of hydrogen-bond donors (Lipinski definition) is 2. The van der Waals surface area contributed by atoms with Crippen molar-refractivity contribution in [3.8, 4) is 0 Å². The van der Waals surface area contributed by atoms with Gasteiger partial charge in [-0.25, -0.2) is 8.42 Å². The van der Waals surface area contributed by atoms with E-state index in [1.54, 1.807) is 10.8 Å². The van der Waals surface area contributed by atoms with Crippen molar-refractivity contribution in [2.45, 2.75) is 26.1 Å². The molecule has 0 spiro atoms. The minimum Gasteiger partial charge on any atom is -0.357 e. The summed E-state index contributed by atoms with van der Waals surface area (Å²) in [4.78, 5) is 1.22. The van der Waals surface area contributed by atoms with Crippen molar-refractivity contribution in [1.82, 2.24) is 9.78 Å². The molecule has 6 nitrogen and oxygen atoms in total. The third-order valence-electron chi connectivity index (χ3n) is 3.62. The molecular formula is C12H21N4O2S3+. The highest BCUT2D eigenvalue weighted by atomic mass is 32.2. The molecule has 0 amide bonds. The fraction of sp³-hybridized carbons (Fsp3) is 0.667. The average molecular weight is 350 g/mol. The molecule has 0 bridgehead atoms. The Labute approximate surface area is 134 Å². The lowest BCUT2D eigenvalue weighted by atomic mass is 10.2. The van der Waals surface area contributed by atoms with Crippen LogP contribution < -0.4 is 10.2 Å². The Bertz CT molecular complexity index is 650.